The normalized spacial score (nSPS) is 14.8. The molecule has 136 valence electrons. The number of anilines is 2. The van der Waals surface area contributed by atoms with Crippen molar-refractivity contribution in [2.75, 3.05) is 31.6 Å². The molecule has 4 rings (SSSR count). The van der Waals surface area contributed by atoms with Crippen molar-refractivity contribution in [1.82, 2.24) is 14.9 Å². The van der Waals surface area contributed by atoms with Crippen LogP contribution in [0.2, 0.25) is 0 Å². The van der Waals surface area contributed by atoms with E-state index in [0.717, 1.165) is 59.5 Å². The third-order valence-electron chi connectivity index (χ3n) is 4.41. The van der Waals surface area contributed by atoms with Crippen LogP contribution in [0.15, 0.2) is 47.1 Å². The lowest BCUT2D eigenvalue weighted by Crippen LogP contribution is -2.35. The van der Waals surface area contributed by atoms with E-state index in [1.807, 2.05) is 30.3 Å². The Kier molecular flexibility index (Phi) is 5.30. The molecular weight excluding hydrogens is 406 g/mol. The summed E-state index contributed by atoms with van der Waals surface area (Å²) in [5.74, 6) is 0.518. The fourth-order valence-electron chi connectivity index (χ4n) is 3.11. The molecule has 1 aliphatic heterocycles. The molecule has 6 nitrogen and oxygen atoms in total. The third kappa shape index (κ3) is 4.42. The molecule has 27 heavy (non-hydrogen) atoms. The number of halogens is 1. The molecule has 7 heteroatoms. The summed E-state index contributed by atoms with van der Waals surface area (Å²) in [4.78, 5) is 14.9. The van der Waals surface area contributed by atoms with E-state index in [0.29, 0.717) is 11.6 Å². The Morgan fingerprint density at radius 2 is 2.04 bits per heavy atom. The van der Waals surface area contributed by atoms with Gasteiger partial charge < -0.3 is 10.1 Å². The summed E-state index contributed by atoms with van der Waals surface area (Å²) in [5, 5.41) is 4.21. The Bertz CT molecular complexity index is 1010. The van der Waals surface area contributed by atoms with Gasteiger partial charge >= 0.3 is 0 Å². The molecule has 3 aromatic rings. The number of nitrogens with zero attached hydrogens (tertiary/aromatic N) is 4. The molecule has 0 radical (unpaired) electrons. The number of aromatic nitrogens is 2. The summed E-state index contributed by atoms with van der Waals surface area (Å²) in [5.41, 5.74) is 3.39. The van der Waals surface area contributed by atoms with E-state index < -0.39 is 0 Å². The molecule has 1 saturated heterocycles. The molecule has 1 N–H and O–H groups in total. The predicted octanol–water partition coefficient (Wildman–Crippen LogP) is 4.52. The zero-order valence-electron chi connectivity index (χ0n) is 14.7. The Morgan fingerprint density at radius 3 is 2.85 bits per heavy atom. The van der Waals surface area contributed by atoms with Crippen LogP contribution in [-0.4, -0.2) is 41.2 Å². The van der Waals surface area contributed by atoms with Crippen LogP contribution in [0.1, 0.15) is 5.56 Å². The Morgan fingerprint density at radius 1 is 1.19 bits per heavy atom. The number of fused-ring (bicyclic) bond motifs is 1. The van der Waals surface area contributed by atoms with Crippen LogP contribution in [0.5, 0.6) is 0 Å². The molecule has 0 atom stereocenters. The lowest BCUT2D eigenvalue weighted by molar-refractivity contribution is 0.0342. The molecule has 2 aromatic carbocycles. The van der Waals surface area contributed by atoms with Crippen LogP contribution in [0, 0.1) is 6.57 Å². The maximum absolute atomic E-state index is 7.39. The lowest BCUT2D eigenvalue weighted by Gasteiger charge is -2.26. The standard InChI is InChI=1S/C20H18BrN5O/c1-22-17-8-14(13-26-4-6-27-7-5-26)9-18(11-17)24-20-23-12-15-10-16(21)2-3-19(15)25-20/h2-3,8-12H,4-7,13H2,(H,23,24,25). The van der Waals surface area contributed by atoms with Gasteiger partial charge in [-0.15, -0.1) is 0 Å². The van der Waals surface area contributed by atoms with Crippen molar-refractivity contribution in [3.05, 3.63) is 64.0 Å². The van der Waals surface area contributed by atoms with Gasteiger partial charge in [-0.3, -0.25) is 4.90 Å². The molecule has 0 saturated carbocycles. The second-order valence-electron chi connectivity index (χ2n) is 6.41. The molecule has 1 aliphatic rings. The first kappa shape index (κ1) is 17.9. The van der Waals surface area contributed by atoms with E-state index in [1.54, 1.807) is 6.20 Å². The van der Waals surface area contributed by atoms with Gasteiger partial charge in [0, 0.05) is 41.4 Å². The number of hydrogen-bond donors (Lipinski definition) is 1. The highest BCUT2D eigenvalue weighted by atomic mass is 79.9. The Hall–Kier alpha value is -2.53. The van der Waals surface area contributed by atoms with Gasteiger partial charge in [-0.25, -0.2) is 14.8 Å². The monoisotopic (exact) mass is 423 g/mol. The first-order valence-electron chi connectivity index (χ1n) is 8.70. The van der Waals surface area contributed by atoms with E-state index in [1.165, 1.54) is 0 Å². The number of hydrogen-bond acceptors (Lipinski definition) is 5. The van der Waals surface area contributed by atoms with Gasteiger partial charge in [-0.1, -0.05) is 22.0 Å². The summed E-state index contributed by atoms with van der Waals surface area (Å²) in [7, 11) is 0. The SMILES string of the molecule is [C-]#[N+]c1cc(CN2CCOCC2)cc(Nc2ncc3cc(Br)ccc3n2)c1. The van der Waals surface area contributed by atoms with E-state index in [2.05, 4.69) is 47.0 Å². The fourth-order valence-corrected chi connectivity index (χ4v) is 3.49. The highest BCUT2D eigenvalue weighted by molar-refractivity contribution is 9.10. The number of rotatable bonds is 4. The van der Waals surface area contributed by atoms with Gasteiger partial charge in [0.1, 0.15) is 0 Å². The highest BCUT2D eigenvalue weighted by Crippen LogP contribution is 2.25. The van der Waals surface area contributed by atoms with E-state index in [4.69, 9.17) is 11.3 Å². The lowest BCUT2D eigenvalue weighted by atomic mass is 10.1. The highest BCUT2D eigenvalue weighted by Gasteiger charge is 2.12. The largest absolute Gasteiger partial charge is 0.379 e. The van der Waals surface area contributed by atoms with Crippen LogP contribution >= 0.6 is 15.9 Å². The first-order valence-corrected chi connectivity index (χ1v) is 9.50. The van der Waals surface area contributed by atoms with E-state index in [-0.39, 0.29) is 0 Å². The first-order chi connectivity index (χ1) is 13.2. The van der Waals surface area contributed by atoms with Crippen molar-refractivity contribution >= 4 is 44.2 Å². The molecule has 1 aromatic heterocycles. The molecule has 0 aliphatic carbocycles. The van der Waals surface area contributed by atoms with Crippen molar-refractivity contribution in [2.45, 2.75) is 6.54 Å². The zero-order valence-corrected chi connectivity index (χ0v) is 16.2. The van der Waals surface area contributed by atoms with Crippen LogP contribution in [-0.2, 0) is 11.3 Å². The fraction of sp³-hybridized carbons (Fsp3) is 0.250. The third-order valence-corrected chi connectivity index (χ3v) is 4.91. The summed E-state index contributed by atoms with van der Waals surface area (Å²) in [6.45, 7) is 11.5. The van der Waals surface area contributed by atoms with Gasteiger partial charge in [0.25, 0.3) is 0 Å². The Balaban J connectivity index is 1.58. The van der Waals surface area contributed by atoms with Crippen LogP contribution in [0.25, 0.3) is 15.7 Å². The zero-order chi connectivity index (χ0) is 18.6. The van der Waals surface area contributed by atoms with Gasteiger partial charge in [0.05, 0.1) is 25.3 Å². The van der Waals surface area contributed by atoms with E-state index >= 15 is 0 Å². The second-order valence-corrected chi connectivity index (χ2v) is 7.33. The average molecular weight is 424 g/mol. The number of nitrogens with one attached hydrogen (secondary N) is 1. The van der Waals surface area contributed by atoms with Crippen LogP contribution < -0.4 is 5.32 Å². The Labute approximate surface area is 166 Å². The van der Waals surface area contributed by atoms with Gasteiger partial charge in [0.2, 0.25) is 5.95 Å². The van der Waals surface area contributed by atoms with Crippen molar-refractivity contribution < 1.29 is 4.74 Å². The molecule has 0 amide bonds. The predicted molar refractivity (Wildman–Crippen MR) is 109 cm³/mol. The van der Waals surface area contributed by atoms with Crippen molar-refractivity contribution in [2.24, 2.45) is 0 Å². The van der Waals surface area contributed by atoms with Gasteiger partial charge in [-0.2, -0.15) is 0 Å². The molecular formula is C20H18BrN5O. The molecule has 1 fully saturated rings. The molecule has 0 spiro atoms. The minimum absolute atomic E-state index is 0.518. The molecule has 0 bridgehead atoms. The average Bonchev–Trinajstić information content (AvgIpc) is 2.68. The second kappa shape index (κ2) is 8.01. The van der Waals surface area contributed by atoms with Gasteiger partial charge in [0.15, 0.2) is 5.69 Å². The minimum Gasteiger partial charge on any atom is -0.379 e. The maximum atomic E-state index is 7.39. The minimum atomic E-state index is 0.518. The summed E-state index contributed by atoms with van der Waals surface area (Å²) >= 11 is 3.46. The van der Waals surface area contributed by atoms with Crippen LogP contribution in [0.4, 0.5) is 17.3 Å². The van der Waals surface area contributed by atoms with Crippen molar-refractivity contribution in [3.63, 3.8) is 0 Å². The van der Waals surface area contributed by atoms with E-state index in [9.17, 15) is 0 Å². The molecule has 2 heterocycles. The topological polar surface area (TPSA) is 54.6 Å². The van der Waals surface area contributed by atoms with Crippen molar-refractivity contribution in [3.8, 4) is 0 Å². The van der Waals surface area contributed by atoms with Gasteiger partial charge in [-0.05, 0) is 35.9 Å². The molecule has 0 unspecified atom stereocenters. The quantitative estimate of drug-likeness (QED) is 0.625. The smallest absolute Gasteiger partial charge is 0.227 e. The number of ether oxygens (including phenoxy) is 1. The summed E-state index contributed by atoms with van der Waals surface area (Å²) in [6.07, 6.45) is 1.79. The van der Waals surface area contributed by atoms with Crippen LogP contribution in [0.3, 0.4) is 0 Å². The summed E-state index contributed by atoms with van der Waals surface area (Å²) < 4.78 is 6.40. The number of benzene rings is 2. The number of morpholine rings is 1. The van der Waals surface area contributed by atoms with Crippen molar-refractivity contribution in [1.29, 1.82) is 0 Å². The maximum Gasteiger partial charge on any atom is 0.227 e. The summed E-state index contributed by atoms with van der Waals surface area (Å²) in [6, 6.07) is 11.7.